The lowest BCUT2D eigenvalue weighted by Crippen LogP contribution is -2.40. The molecular formula is C13H19N3O4S. The molecule has 1 aromatic rings. The number of sulfonamides is 1. The molecule has 1 atom stereocenters. The molecule has 1 fully saturated rings. The summed E-state index contributed by atoms with van der Waals surface area (Å²) >= 11 is 0. The molecule has 7 nitrogen and oxygen atoms in total. The van der Waals surface area contributed by atoms with Crippen molar-refractivity contribution in [3.05, 3.63) is 34.4 Å². The zero-order chi connectivity index (χ0) is 15.5. The predicted octanol–water partition coefficient (Wildman–Crippen LogP) is 1.36. The average Bonchev–Trinajstić information content (AvgIpc) is 2.90. The molecule has 8 heteroatoms. The van der Waals surface area contributed by atoms with Crippen LogP contribution >= 0.6 is 0 Å². The Labute approximate surface area is 124 Å². The van der Waals surface area contributed by atoms with Crippen molar-refractivity contribution < 1.29 is 13.3 Å². The number of nitro groups is 1. The SMILES string of the molecule is C[C@H](CN1CCCC1)NS(=O)(=O)c1ccc([N+](=O)[O-])cc1. The highest BCUT2D eigenvalue weighted by Gasteiger charge is 2.21. The Balaban J connectivity index is 2.01. The normalized spacial score (nSPS) is 17.8. The van der Waals surface area contributed by atoms with Crippen molar-refractivity contribution in [1.29, 1.82) is 0 Å². The quantitative estimate of drug-likeness (QED) is 0.632. The van der Waals surface area contributed by atoms with Gasteiger partial charge < -0.3 is 4.90 Å². The highest BCUT2D eigenvalue weighted by molar-refractivity contribution is 7.89. The van der Waals surface area contributed by atoms with E-state index in [1.807, 2.05) is 6.92 Å². The Morgan fingerprint density at radius 1 is 1.29 bits per heavy atom. The number of nitrogens with zero attached hydrogens (tertiary/aromatic N) is 2. The molecule has 116 valence electrons. The Kier molecular flexibility index (Phi) is 4.92. The van der Waals surface area contributed by atoms with Crippen molar-refractivity contribution in [3.8, 4) is 0 Å². The van der Waals surface area contributed by atoms with Gasteiger partial charge in [-0.1, -0.05) is 0 Å². The lowest BCUT2D eigenvalue weighted by Gasteiger charge is -2.21. The van der Waals surface area contributed by atoms with Crippen molar-refractivity contribution >= 4 is 15.7 Å². The zero-order valence-corrected chi connectivity index (χ0v) is 12.7. The summed E-state index contributed by atoms with van der Waals surface area (Å²) in [5.74, 6) is 0. The fraction of sp³-hybridized carbons (Fsp3) is 0.538. The largest absolute Gasteiger partial charge is 0.302 e. The minimum Gasteiger partial charge on any atom is -0.302 e. The van der Waals surface area contributed by atoms with E-state index in [0.717, 1.165) is 25.9 Å². The highest BCUT2D eigenvalue weighted by Crippen LogP contribution is 2.16. The summed E-state index contributed by atoms with van der Waals surface area (Å²) in [5.41, 5.74) is -0.126. The lowest BCUT2D eigenvalue weighted by molar-refractivity contribution is -0.384. The predicted molar refractivity (Wildman–Crippen MR) is 78.6 cm³/mol. The van der Waals surface area contributed by atoms with Gasteiger partial charge in [0.25, 0.3) is 5.69 Å². The molecule has 0 unspecified atom stereocenters. The molecule has 1 aliphatic heterocycles. The number of rotatable bonds is 6. The van der Waals surface area contributed by atoms with E-state index in [-0.39, 0.29) is 16.6 Å². The zero-order valence-electron chi connectivity index (χ0n) is 11.9. The second-order valence-electron chi connectivity index (χ2n) is 5.28. The Bertz CT molecular complexity index is 594. The number of hydrogen-bond donors (Lipinski definition) is 1. The third kappa shape index (κ3) is 4.23. The van der Waals surface area contributed by atoms with Gasteiger partial charge in [0.05, 0.1) is 9.82 Å². The van der Waals surface area contributed by atoms with Crippen LogP contribution in [-0.2, 0) is 10.0 Å². The van der Waals surface area contributed by atoms with Crippen LogP contribution in [0.25, 0.3) is 0 Å². The van der Waals surface area contributed by atoms with Gasteiger partial charge in [0.1, 0.15) is 0 Å². The lowest BCUT2D eigenvalue weighted by atomic mass is 10.3. The van der Waals surface area contributed by atoms with Gasteiger partial charge in [0.2, 0.25) is 10.0 Å². The summed E-state index contributed by atoms with van der Waals surface area (Å²) in [7, 11) is -3.64. The van der Waals surface area contributed by atoms with Crippen LogP contribution < -0.4 is 4.72 Å². The molecule has 0 aliphatic carbocycles. The summed E-state index contributed by atoms with van der Waals surface area (Å²) in [6, 6.07) is 4.69. The molecule has 0 bridgehead atoms. The molecule has 0 aromatic heterocycles. The summed E-state index contributed by atoms with van der Waals surface area (Å²) in [6.45, 7) is 4.50. The molecule has 0 spiro atoms. The first-order valence-electron chi connectivity index (χ1n) is 6.87. The van der Waals surface area contributed by atoms with Gasteiger partial charge in [0.15, 0.2) is 0 Å². The third-order valence-electron chi connectivity index (χ3n) is 3.44. The first-order chi connectivity index (χ1) is 9.88. The molecule has 0 saturated carbocycles. The van der Waals surface area contributed by atoms with Crippen molar-refractivity contribution in [1.82, 2.24) is 9.62 Å². The van der Waals surface area contributed by atoms with Crippen LogP contribution in [0.5, 0.6) is 0 Å². The number of likely N-dealkylation sites (tertiary alicyclic amines) is 1. The molecule has 1 saturated heterocycles. The van der Waals surface area contributed by atoms with E-state index >= 15 is 0 Å². The molecule has 1 N–H and O–H groups in total. The van der Waals surface area contributed by atoms with Crippen LogP contribution in [0.3, 0.4) is 0 Å². The second-order valence-corrected chi connectivity index (χ2v) is 7.00. The standard InChI is InChI=1S/C13H19N3O4S/c1-11(10-15-8-2-3-9-15)14-21(19,20)13-6-4-12(5-7-13)16(17)18/h4-7,11,14H,2-3,8-10H2,1H3/t11-/m1/s1. The molecule has 0 amide bonds. The molecule has 1 aliphatic rings. The van der Waals surface area contributed by atoms with Gasteiger partial charge in [-0.05, 0) is 45.0 Å². The summed E-state index contributed by atoms with van der Waals surface area (Å²) < 4.78 is 27.0. The van der Waals surface area contributed by atoms with Crippen LogP contribution in [0, 0.1) is 10.1 Å². The first-order valence-corrected chi connectivity index (χ1v) is 8.36. The number of non-ortho nitro benzene ring substituents is 1. The number of hydrogen-bond acceptors (Lipinski definition) is 5. The van der Waals surface area contributed by atoms with E-state index in [4.69, 9.17) is 0 Å². The van der Waals surface area contributed by atoms with Crippen molar-refractivity contribution in [3.63, 3.8) is 0 Å². The summed E-state index contributed by atoms with van der Waals surface area (Å²) in [6.07, 6.45) is 2.31. The van der Waals surface area contributed by atoms with E-state index < -0.39 is 14.9 Å². The first kappa shape index (κ1) is 15.9. The van der Waals surface area contributed by atoms with Gasteiger partial charge in [-0.3, -0.25) is 10.1 Å². The fourth-order valence-corrected chi connectivity index (χ4v) is 3.70. The van der Waals surface area contributed by atoms with Crippen LogP contribution in [-0.4, -0.2) is 43.9 Å². The van der Waals surface area contributed by atoms with E-state index in [1.165, 1.54) is 24.3 Å². The number of benzene rings is 1. The van der Waals surface area contributed by atoms with Gasteiger partial charge in [0, 0.05) is 24.7 Å². The van der Waals surface area contributed by atoms with Crippen molar-refractivity contribution in [2.45, 2.75) is 30.7 Å². The van der Waals surface area contributed by atoms with Crippen LogP contribution in [0.2, 0.25) is 0 Å². The monoisotopic (exact) mass is 313 g/mol. The topological polar surface area (TPSA) is 92.6 Å². The Hall–Kier alpha value is -1.51. The van der Waals surface area contributed by atoms with E-state index in [2.05, 4.69) is 9.62 Å². The minimum atomic E-state index is -3.64. The van der Waals surface area contributed by atoms with Crippen LogP contribution in [0.15, 0.2) is 29.2 Å². The van der Waals surface area contributed by atoms with Gasteiger partial charge in [-0.15, -0.1) is 0 Å². The maximum atomic E-state index is 12.2. The number of nitrogens with one attached hydrogen (secondary N) is 1. The smallest absolute Gasteiger partial charge is 0.269 e. The molecule has 1 heterocycles. The van der Waals surface area contributed by atoms with E-state index in [9.17, 15) is 18.5 Å². The summed E-state index contributed by atoms with van der Waals surface area (Å²) in [4.78, 5) is 12.3. The fourth-order valence-electron chi connectivity index (χ4n) is 2.47. The maximum absolute atomic E-state index is 12.2. The van der Waals surface area contributed by atoms with Gasteiger partial charge in [-0.25, -0.2) is 13.1 Å². The van der Waals surface area contributed by atoms with Crippen molar-refractivity contribution in [2.24, 2.45) is 0 Å². The van der Waals surface area contributed by atoms with E-state index in [1.54, 1.807) is 0 Å². The third-order valence-corrected chi connectivity index (χ3v) is 5.05. The van der Waals surface area contributed by atoms with Crippen molar-refractivity contribution in [2.75, 3.05) is 19.6 Å². The average molecular weight is 313 g/mol. The molecular weight excluding hydrogens is 294 g/mol. The van der Waals surface area contributed by atoms with Gasteiger partial charge in [-0.2, -0.15) is 0 Å². The Morgan fingerprint density at radius 3 is 2.38 bits per heavy atom. The molecule has 0 radical (unpaired) electrons. The van der Waals surface area contributed by atoms with Crippen LogP contribution in [0.1, 0.15) is 19.8 Å². The van der Waals surface area contributed by atoms with Crippen LogP contribution in [0.4, 0.5) is 5.69 Å². The van der Waals surface area contributed by atoms with Gasteiger partial charge >= 0.3 is 0 Å². The molecule has 1 aromatic carbocycles. The molecule has 2 rings (SSSR count). The van der Waals surface area contributed by atoms with E-state index in [0.29, 0.717) is 6.54 Å². The maximum Gasteiger partial charge on any atom is 0.269 e. The second kappa shape index (κ2) is 6.50. The Morgan fingerprint density at radius 2 is 1.86 bits per heavy atom. The highest BCUT2D eigenvalue weighted by atomic mass is 32.2. The molecule has 21 heavy (non-hydrogen) atoms. The minimum absolute atomic E-state index is 0.0429. The number of nitro benzene ring substituents is 1. The summed E-state index contributed by atoms with van der Waals surface area (Å²) in [5, 5.41) is 10.6.